The number of unbranched alkanes of at least 4 members (excludes halogenated alkanes) is 3. The number of hydrogen-bond acceptors (Lipinski definition) is 10. The largest absolute Gasteiger partial charge is 0.472 e. The summed E-state index contributed by atoms with van der Waals surface area (Å²) in [6, 6.07) is 16.6. The summed E-state index contributed by atoms with van der Waals surface area (Å²) in [6.07, 6.45) is 3.10. The third kappa shape index (κ3) is 13.8. The number of hydrogen-bond donors (Lipinski definition) is 4. The van der Waals surface area contributed by atoms with Crippen molar-refractivity contribution in [2.45, 2.75) is 65.1 Å². The van der Waals surface area contributed by atoms with Crippen molar-refractivity contribution >= 4 is 19.4 Å². The minimum absolute atomic E-state index is 0.0568. The van der Waals surface area contributed by atoms with Gasteiger partial charge in [-0.05, 0) is 50.5 Å². The van der Waals surface area contributed by atoms with Gasteiger partial charge >= 0.3 is 7.82 Å². The molecule has 2 aromatic carbocycles. The van der Waals surface area contributed by atoms with E-state index >= 15 is 0 Å². The molecule has 1 aromatic heterocycles. The van der Waals surface area contributed by atoms with Gasteiger partial charge in [-0.3, -0.25) is 13.8 Å². The van der Waals surface area contributed by atoms with E-state index in [0.29, 0.717) is 78.8 Å². The van der Waals surface area contributed by atoms with E-state index < -0.39 is 7.82 Å². The van der Waals surface area contributed by atoms with Crippen LogP contribution in [-0.2, 0) is 50.4 Å². The first-order valence-electron chi connectivity index (χ1n) is 17.5. The number of nitrogens with zero attached hydrogens (tertiary/aromatic N) is 2. The van der Waals surface area contributed by atoms with Gasteiger partial charge in [0, 0.05) is 35.9 Å². The molecule has 1 aliphatic heterocycles. The van der Waals surface area contributed by atoms with Crippen molar-refractivity contribution < 1.29 is 46.9 Å². The van der Waals surface area contributed by atoms with Crippen LogP contribution < -0.4 is 15.3 Å². The maximum Gasteiger partial charge on any atom is 0.472 e. The Bertz CT molecular complexity index is 1490. The van der Waals surface area contributed by atoms with Gasteiger partial charge in [-0.2, -0.15) is 4.68 Å². The minimum atomic E-state index is -3.97. The van der Waals surface area contributed by atoms with E-state index in [-0.39, 0.29) is 18.6 Å². The van der Waals surface area contributed by atoms with Crippen LogP contribution >= 0.6 is 7.82 Å². The molecule has 4 N–H and O–H groups in total. The Hall–Kier alpha value is -3.20. The number of aromatic amines is 1. The molecule has 50 heavy (non-hydrogen) atoms. The highest BCUT2D eigenvalue weighted by Gasteiger charge is 2.29. The molecule has 1 unspecified atom stereocenters. The lowest BCUT2D eigenvalue weighted by atomic mass is 9.97. The predicted octanol–water partition coefficient (Wildman–Crippen LogP) is 4.63. The molecular weight excluding hydrogens is 665 g/mol. The van der Waals surface area contributed by atoms with Crippen LogP contribution in [0.5, 0.6) is 0 Å². The second kappa shape index (κ2) is 21.9. The summed E-state index contributed by atoms with van der Waals surface area (Å²) in [6.45, 7) is 8.97. The summed E-state index contributed by atoms with van der Waals surface area (Å²) >= 11 is 0. The maximum atomic E-state index is 12.0. The summed E-state index contributed by atoms with van der Waals surface area (Å²) < 4.78 is 45.9. The molecule has 0 saturated carbocycles. The fraction of sp³-hybridized carbons (Fsp3) is 0.571. The fourth-order valence-electron chi connectivity index (χ4n) is 5.36. The lowest BCUT2D eigenvalue weighted by Crippen LogP contribution is -2.40. The summed E-state index contributed by atoms with van der Waals surface area (Å²) in [7, 11) is -3.97. The number of para-hydroxylation sites is 1. The molecule has 0 saturated heterocycles. The van der Waals surface area contributed by atoms with E-state index in [2.05, 4.69) is 46.2 Å². The minimum Gasteiger partial charge on any atom is -0.380 e. The maximum absolute atomic E-state index is 12.0. The highest BCUT2D eigenvalue weighted by atomic mass is 31.2. The lowest BCUT2D eigenvalue weighted by Gasteiger charge is -2.16. The zero-order valence-corrected chi connectivity index (χ0v) is 30.2. The average Bonchev–Trinajstić information content (AvgIpc) is 3.50. The molecule has 1 aliphatic rings. The van der Waals surface area contributed by atoms with Crippen LogP contribution in [0.15, 0.2) is 48.5 Å². The summed E-state index contributed by atoms with van der Waals surface area (Å²) in [5.41, 5.74) is 6.45. The second-order valence-corrected chi connectivity index (χ2v) is 13.4. The Balaban J connectivity index is 0.957. The van der Waals surface area contributed by atoms with Crippen molar-refractivity contribution in [3.05, 3.63) is 54.1 Å². The number of H-pyrrole nitrogens is 1. The van der Waals surface area contributed by atoms with E-state index in [9.17, 15) is 14.3 Å². The molecule has 276 valence electrons. The molecule has 2 heterocycles. The van der Waals surface area contributed by atoms with Crippen molar-refractivity contribution in [3.63, 3.8) is 0 Å². The fourth-order valence-corrected chi connectivity index (χ4v) is 6.31. The first-order chi connectivity index (χ1) is 24.3. The number of nitrogens with one attached hydrogen (secondary N) is 3. The van der Waals surface area contributed by atoms with Crippen LogP contribution in [0.3, 0.4) is 0 Å². The number of phosphoric ester groups is 1. The zero-order valence-electron chi connectivity index (χ0n) is 29.3. The number of fused-ring (bicyclic) bond motifs is 5. The average molecular weight is 719 g/mol. The Kier molecular flexibility index (Phi) is 17.3. The van der Waals surface area contributed by atoms with Crippen LogP contribution in [0.2, 0.25) is 0 Å². The molecule has 0 spiro atoms. The highest BCUT2D eigenvalue weighted by molar-refractivity contribution is 7.47. The normalized spacial score (nSPS) is 13.4. The molecule has 15 heteroatoms. The number of carbonyl (C=O) groups excluding carboxylic acids is 1. The van der Waals surface area contributed by atoms with Gasteiger partial charge in [0.1, 0.15) is 6.54 Å². The summed E-state index contributed by atoms with van der Waals surface area (Å²) in [5.74, 6) is -0.0568. The Morgan fingerprint density at radius 2 is 1.50 bits per heavy atom. The molecule has 0 bridgehead atoms. The van der Waals surface area contributed by atoms with Crippen molar-refractivity contribution in [1.82, 2.24) is 15.6 Å². The molecule has 0 fully saturated rings. The van der Waals surface area contributed by atoms with Gasteiger partial charge in [0.15, 0.2) is 0 Å². The Morgan fingerprint density at radius 3 is 2.24 bits per heavy atom. The molecule has 14 nitrogen and oxygen atoms in total. The Labute approximate surface area is 294 Å². The number of aromatic nitrogens is 3. The van der Waals surface area contributed by atoms with Crippen molar-refractivity contribution in [2.75, 3.05) is 71.3 Å². The number of phosphoric acid groups is 1. The van der Waals surface area contributed by atoms with E-state index in [4.69, 9.17) is 33.1 Å². The molecule has 3 aromatic rings. The topological polar surface area (TPSA) is 166 Å². The molecule has 1 atom stereocenters. The van der Waals surface area contributed by atoms with Crippen molar-refractivity contribution in [1.29, 1.82) is 0 Å². The van der Waals surface area contributed by atoms with E-state index in [1.807, 2.05) is 22.9 Å². The highest BCUT2D eigenvalue weighted by Crippen LogP contribution is 2.44. The smallest absolute Gasteiger partial charge is 0.380 e. The van der Waals surface area contributed by atoms with Gasteiger partial charge in [0.2, 0.25) is 11.6 Å². The second-order valence-electron chi connectivity index (χ2n) is 12.0. The number of ether oxygens (including phenoxy) is 4. The summed E-state index contributed by atoms with van der Waals surface area (Å²) in [4.78, 5) is 21.5. The Morgan fingerprint density at radius 1 is 0.860 bits per heavy atom. The third-order valence-corrected chi connectivity index (χ3v) is 8.94. The quantitative estimate of drug-likeness (QED) is 0.0548. The van der Waals surface area contributed by atoms with Gasteiger partial charge in [0.05, 0.1) is 71.1 Å². The first kappa shape index (κ1) is 39.6. The number of amides is 1. The van der Waals surface area contributed by atoms with Crippen LogP contribution in [-0.4, -0.2) is 93.2 Å². The number of benzene rings is 2. The third-order valence-electron chi connectivity index (χ3n) is 7.74. The molecule has 0 radical (unpaired) electrons. The van der Waals surface area contributed by atoms with Crippen LogP contribution in [0.4, 0.5) is 5.69 Å². The SMILES string of the molecule is CC(C)OP(=O)(O)OCCCCCCNC(=O)CCOCCOCCOCCOCC[n+]1[nH]nc2c1-c1ccccc1NCc1ccccc1-2. The monoisotopic (exact) mass is 718 g/mol. The van der Waals surface area contributed by atoms with Crippen molar-refractivity contribution in [2.24, 2.45) is 0 Å². The van der Waals surface area contributed by atoms with Gasteiger partial charge in [0.25, 0.3) is 5.69 Å². The first-order valence-corrected chi connectivity index (χ1v) is 19.0. The van der Waals surface area contributed by atoms with Crippen molar-refractivity contribution in [3.8, 4) is 22.5 Å². The van der Waals surface area contributed by atoms with Crippen LogP contribution in [0, 0.1) is 0 Å². The molecular formula is C35H53N5O9P+. The zero-order chi connectivity index (χ0) is 35.4. The lowest BCUT2D eigenvalue weighted by molar-refractivity contribution is -0.744. The van der Waals surface area contributed by atoms with Gasteiger partial charge in [-0.15, -0.1) is 0 Å². The van der Waals surface area contributed by atoms with E-state index in [1.165, 1.54) is 5.56 Å². The molecule has 4 rings (SSSR count). The molecule has 1 amide bonds. The van der Waals surface area contributed by atoms with E-state index in [1.54, 1.807) is 13.8 Å². The number of carbonyl (C=O) groups is 1. The van der Waals surface area contributed by atoms with Gasteiger partial charge in [-0.1, -0.05) is 48.4 Å². The standard InChI is InChI=1S/C35H52N5O9P/c1-28(2)49-50(42,43)48-18-10-4-3-9-16-36-33(41)15-19-44-21-23-46-25-26-47-24-22-45-20-17-40-35-31-13-7-8-14-32(31)37-27-29-11-5-6-12-30(29)34(35)38-39-40/h5-8,11-14,28H,3-4,9-10,15-27H2,1-2H3,(H3,36,37,39,41,42,43)/p+1. The van der Waals surface area contributed by atoms with Crippen LogP contribution in [0.25, 0.3) is 22.5 Å². The van der Waals surface area contributed by atoms with E-state index in [0.717, 1.165) is 54.0 Å². The van der Waals surface area contributed by atoms with Gasteiger partial charge in [-0.25, -0.2) is 4.57 Å². The van der Waals surface area contributed by atoms with Gasteiger partial charge < -0.3 is 34.5 Å². The predicted molar refractivity (Wildman–Crippen MR) is 188 cm³/mol. The number of anilines is 1. The number of rotatable bonds is 25. The van der Waals surface area contributed by atoms with Crippen LogP contribution in [0.1, 0.15) is 51.5 Å². The summed E-state index contributed by atoms with van der Waals surface area (Å²) in [5, 5.41) is 14.3. The molecule has 0 aliphatic carbocycles.